The molecule has 0 atom stereocenters. The number of hydrogen-bond donors (Lipinski definition) is 1. The zero-order valence-corrected chi connectivity index (χ0v) is 14.0. The number of nitrogens with one attached hydrogen (secondary N) is 1. The Morgan fingerprint density at radius 1 is 1.08 bits per heavy atom. The minimum absolute atomic E-state index is 0.353. The van der Waals surface area contributed by atoms with Crippen LogP contribution in [-0.2, 0) is 0 Å². The SMILES string of the molecule is CCN(CC)c1cc(C)nc(Nc2ccc3oc(=O)ccc3c2)n1. The lowest BCUT2D eigenvalue weighted by Gasteiger charge is -2.20. The van der Waals surface area contributed by atoms with Gasteiger partial charge in [-0.3, -0.25) is 0 Å². The van der Waals surface area contributed by atoms with Gasteiger partial charge in [0.25, 0.3) is 0 Å². The van der Waals surface area contributed by atoms with Crippen molar-refractivity contribution < 1.29 is 4.42 Å². The molecule has 24 heavy (non-hydrogen) atoms. The second-order valence-corrected chi connectivity index (χ2v) is 5.50. The summed E-state index contributed by atoms with van der Waals surface area (Å²) in [5.74, 6) is 1.45. The van der Waals surface area contributed by atoms with E-state index in [1.165, 1.54) is 6.07 Å². The number of fused-ring (bicyclic) bond motifs is 1. The van der Waals surface area contributed by atoms with E-state index in [2.05, 4.69) is 34.0 Å². The summed E-state index contributed by atoms with van der Waals surface area (Å²) in [5.41, 5.74) is 1.95. The van der Waals surface area contributed by atoms with E-state index in [4.69, 9.17) is 4.42 Å². The van der Waals surface area contributed by atoms with Crippen LogP contribution >= 0.6 is 0 Å². The smallest absolute Gasteiger partial charge is 0.336 e. The van der Waals surface area contributed by atoms with Gasteiger partial charge in [-0.15, -0.1) is 0 Å². The molecule has 0 aliphatic heterocycles. The van der Waals surface area contributed by atoms with Gasteiger partial charge in [-0.2, -0.15) is 4.98 Å². The summed E-state index contributed by atoms with van der Waals surface area (Å²) < 4.78 is 5.14. The molecule has 124 valence electrons. The monoisotopic (exact) mass is 324 g/mol. The third kappa shape index (κ3) is 3.37. The maximum Gasteiger partial charge on any atom is 0.336 e. The average Bonchev–Trinajstić information content (AvgIpc) is 2.56. The summed E-state index contributed by atoms with van der Waals surface area (Å²) in [7, 11) is 0. The number of aryl methyl sites for hydroxylation is 1. The fraction of sp³-hybridized carbons (Fsp3) is 0.278. The molecule has 1 aromatic carbocycles. The van der Waals surface area contributed by atoms with Crippen LogP contribution in [0, 0.1) is 6.92 Å². The molecule has 3 rings (SSSR count). The molecule has 6 nitrogen and oxygen atoms in total. The van der Waals surface area contributed by atoms with Gasteiger partial charge in [-0.1, -0.05) is 0 Å². The Bertz CT molecular complexity index is 916. The molecule has 6 heteroatoms. The van der Waals surface area contributed by atoms with Gasteiger partial charge in [0.1, 0.15) is 11.4 Å². The Labute approximate surface area is 140 Å². The molecule has 2 aromatic heterocycles. The lowest BCUT2D eigenvalue weighted by Crippen LogP contribution is -2.23. The van der Waals surface area contributed by atoms with Crippen LogP contribution in [0.2, 0.25) is 0 Å². The minimum Gasteiger partial charge on any atom is -0.423 e. The van der Waals surface area contributed by atoms with Gasteiger partial charge >= 0.3 is 5.63 Å². The quantitative estimate of drug-likeness (QED) is 0.725. The van der Waals surface area contributed by atoms with Crippen LogP contribution in [0.5, 0.6) is 0 Å². The molecule has 0 bridgehead atoms. The molecular formula is C18H20N4O2. The van der Waals surface area contributed by atoms with Gasteiger partial charge in [0, 0.05) is 42.0 Å². The summed E-state index contributed by atoms with van der Waals surface area (Å²) >= 11 is 0. The molecule has 3 aromatic rings. The Morgan fingerprint density at radius 2 is 1.88 bits per heavy atom. The van der Waals surface area contributed by atoms with Gasteiger partial charge in [0.15, 0.2) is 0 Å². The molecule has 0 unspecified atom stereocenters. The zero-order chi connectivity index (χ0) is 17.1. The van der Waals surface area contributed by atoms with Crippen molar-refractivity contribution in [3.8, 4) is 0 Å². The minimum atomic E-state index is -0.353. The van der Waals surface area contributed by atoms with Crippen molar-refractivity contribution in [2.45, 2.75) is 20.8 Å². The van der Waals surface area contributed by atoms with Gasteiger partial charge in [0.2, 0.25) is 5.95 Å². The molecule has 0 fully saturated rings. The first-order valence-corrected chi connectivity index (χ1v) is 8.00. The van der Waals surface area contributed by atoms with E-state index in [9.17, 15) is 4.79 Å². The molecule has 0 spiro atoms. The first-order chi connectivity index (χ1) is 11.6. The molecule has 0 radical (unpaired) electrons. The van der Waals surface area contributed by atoms with Gasteiger partial charge in [-0.05, 0) is 45.0 Å². The summed E-state index contributed by atoms with van der Waals surface area (Å²) in [6, 6.07) is 10.6. The second kappa shape index (κ2) is 6.70. The molecule has 0 aliphatic carbocycles. The fourth-order valence-corrected chi connectivity index (χ4v) is 2.60. The number of aromatic nitrogens is 2. The predicted octanol–water partition coefficient (Wildman–Crippen LogP) is 3.48. The number of nitrogens with zero attached hydrogens (tertiary/aromatic N) is 3. The van der Waals surface area contributed by atoms with Crippen molar-refractivity contribution in [2.24, 2.45) is 0 Å². The van der Waals surface area contributed by atoms with Crippen LogP contribution in [0.1, 0.15) is 19.5 Å². The van der Waals surface area contributed by atoms with Gasteiger partial charge < -0.3 is 14.6 Å². The highest BCUT2D eigenvalue weighted by Gasteiger charge is 2.08. The van der Waals surface area contributed by atoms with Crippen LogP contribution in [0.3, 0.4) is 0 Å². The van der Waals surface area contributed by atoms with Crippen LogP contribution in [0.25, 0.3) is 11.0 Å². The maximum atomic E-state index is 11.2. The second-order valence-electron chi connectivity index (χ2n) is 5.50. The first kappa shape index (κ1) is 16.0. The van der Waals surface area contributed by atoms with Crippen molar-refractivity contribution >= 4 is 28.4 Å². The summed E-state index contributed by atoms with van der Waals surface area (Å²) in [4.78, 5) is 22.5. The van der Waals surface area contributed by atoms with Crippen LogP contribution in [0.4, 0.5) is 17.5 Å². The normalized spacial score (nSPS) is 10.8. The first-order valence-electron chi connectivity index (χ1n) is 8.00. The van der Waals surface area contributed by atoms with Crippen LogP contribution in [-0.4, -0.2) is 23.1 Å². The summed E-state index contributed by atoms with van der Waals surface area (Å²) in [6.07, 6.45) is 0. The van der Waals surface area contributed by atoms with Crippen molar-refractivity contribution in [1.29, 1.82) is 0 Å². The Hall–Kier alpha value is -2.89. The predicted molar refractivity (Wildman–Crippen MR) is 96.1 cm³/mol. The number of anilines is 3. The topological polar surface area (TPSA) is 71.3 Å². The van der Waals surface area contributed by atoms with Crippen molar-refractivity contribution in [2.75, 3.05) is 23.3 Å². The molecule has 2 heterocycles. The number of rotatable bonds is 5. The Balaban J connectivity index is 1.93. The summed E-state index contributed by atoms with van der Waals surface area (Å²) in [5, 5.41) is 4.07. The summed E-state index contributed by atoms with van der Waals surface area (Å²) in [6.45, 7) is 7.94. The lowest BCUT2D eigenvalue weighted by atomic mass is 10.2. The van der Waals surface area contributed by atoms with E-state index in [0.29, 0.717) is 11.5 Å². The van der Waals surface area contributed by atoms with Crippen LogP contribution in [0.15, 0.2) is 45.6 Å². The zero-order valence-electron chi connectivity index (χ0n) is 14.0. The molecular weight excluding hydrogens is 304 g/mol. The molecule has 0 aliphatic rings. The number of hydrogen-bond acceptors (Lipinski definition) is 6. The third-order valence-corrected chi connectivity index (χ3v) is 3.80. The molecule has 1 N–H and O–H groups in total. The van der Waals surface area contributed by atoms with Crippen molar-refractivity contribution in [3.05, 3.63) is 52.5 Å². The van der Waals surface area contributed by atoms with E-state index < -0.39 is 0 Å². The highest BCUT2D eigenvalue weighted by molar-refractivity contribution is 5.81. The molecule has 0 amide bonds. The molecule has 0 saturated carbocycles. The standard InChI is InChI=1S/C18H20N4O2/c1-4-22(5-2)16-10-12(3)19-18(21-16)20-14-7-8-15-13(11-14)6-9-17(23)24-15/h6-11H,4-5H2,1-3H3,(H,19,20,21). The third-order valence-electron chi connectivity index (χ3n) is 3.80. The van der Waals surface area contributed by atoms with Crippen molar-refractivity contribution in [3.63, 3.8) is 0 Å². The maximum absolute atomic E-state index is 11.2. The van der Waals surface area contributed by atoms with Gasteiger partial charge in [0.05, 0.1) is 0 Å². The fourth-order valence-electron chi connectivity index (χ4n) is 2.60. The van der Waals surface area contributed by atoms with E-state index in [1.54, 1.807) is 12.1 Å². The highest BCUT2D eigenvalue weighted by atomic mass is 16.4. The Morgan fingerprint density at radius 3 is 2.62 bits per heavy atom. The van der Waals surface area contributed by atoms with E-state index in [1.807, 2.05) is 25.1 Å². The Kier molecular flexibility index (Phi) is 4.46. The number of benzene rings is 1. The van der Waals surface area contributed by atoms with E-state index >= 15 is 0 Å². The van der Waals surface area contributed by atoms with Gasteiger partial charge in [-0.25, -0.2) is 9.78 Å². The molecule has 0 saturated heterocycles. The average molecular weight is 324 g/mol. The lowest BCUT2D eigenvalue weighted by molar-refractivity contribution is 0.561. The highest BCUT2D eigenvalue weighted by Crippen LogP contribution is 2.21. The van der Waals surface area contributed by atoms with E-state index in [0.717, 1.165) is 35.7 Å². The van der Waals surface area contributed by atoms with E-state index in [-0.39, 0.29) is 5.63 Å². The largest absolute Gasteiger partial charge is 0.423 e. The van der Waals surface area contributed by atoms with Crippen LogP contribution < -0.4 is 15.8 Å². The van der Waals surface area contributed by atoms with Crippen molar-refractivity contribution in [1.82, 2.24) is 9.97 Å².